The normalized spacial score (nSPS) is 18.4. The summed E-state index contributed by atoms with van der Waals surface area (Å²) in [6, 6.07) is 8.99. The Morgan fingerprint density at radius 1 is 1.33 bits per heavy atom. The Balaban J connectivity index is 1.80. The molecule has 1 atom stereocenters. The summed E-state index contributed by atoms with van der Waals surface area (Å²) >= 11 is 0. The number of likely N-dealkylation sites (tertiary alicyclic amines) is 1. The molecule has 1 aliphatic rings. The molecule has 1 aromatic carbocycles. The van der Waals surface area contributed by atoms with E-state index >= 15 is 0 Å². The van der Waals surface area contributed by atoms with Crippen LogP contribution in [0.5, 0.6) is 0 Å². The van der Waals surface area contributed by atoms with Gasteiger partial charge in [0.25, 0.3) is 5.91 Å². The number of amides is 1. The van der Waals surface area contributed by atoms with Crippen LogP contribution in [0.1, 0.15) is 28.0 Å². The Hall–Kier alpha value is -3.70. The zero-order chi connectivity index (χ0) is 21.5. The van der Waals surface area contributed by atoms with Gasteiger partial charge >= 0.3 is 5.97 Å². The summed E-state index contributed by atoms with van der Waals surface area (Å²) in [6.45, 7) is 2.36. The number of hydrogen-bond acceptors (Lipinski definition) is 6. The van der Waals surface area contributed by atoms with Crippen molar-refractivity contribution < 1.29 is 19.4 Å². The first-order valence-corrected chi connectivity index (χ1v) is 9.37. The minimum absolute atomic E-state index is 0.170. The summed E-state index contributed by atoms with van der Waals surface area (Å²) in [5.74, 6) is 4.70. The molecule has 0 radical (unpaired) electrons. The van der Waals surface area contributed by atoms with Gasteiger partial charge in [-0.25, -0.2) is 14.5 Å². The topological polar surface area (TPSA) is 97.5 Å². The van der Waals surface area contributed by atoms with Gasteiger partial charge in [-0.1, -0.05) is 11.8 Å². The Morgan fingerprint density at radius 3 is 2.83 bits per heavy atom. The maximum Gasteiger partial charge on any atom is 0.359 e. The smallest absolute Gasteiger partial charge is 0.359 e. The van der Waals surface area contributed by atoms with Crippen molar-refractivity contribution in [3.05, 3.63) is 53.3 Å². The molecular formula is C22H20N4O4. The molecule has 152 valence electrons. The van der Waals surface area contributed by atoms with Crippen molar-refractivity contribution in [3.63, 3.8) is 0 Å². The van der Waals surface area contributed by atoms with Gasteiger partial charge in [0, 0.05) is 31.8 Å². The van der Waals surface area contributed by atoms with Crippen LogP contribution in [0.15, 0.2) is 36.5 Å². The first-order valence-electron chi connectivity index (χ1n) is 9.37. The Labute approximate surface area is 173 Å². The van der Waals surface area contributed by atoms with Crippen molar-refractivity contribution in [3.8, 4) is 17.5 Å². The fourth-order valence-corrected chi connectivity index (χ4v) is 3.48. The van der Waals surface area contributed by atoms with Gasteiger partial charge < -0.3 is 14.7 Å². The molecule has 3 aromatic rings. The highest BCUT2D eigenvalue weighted by Crippen LogP contribution is 2.24. The number of methoxy groups -OCH3 is 1. The number of carbonyl (C=O) groups excluding carboxylic acids is 2. The van der Waals surface area contributed by atoms with Gasteiger partial charge in [0.05, 0.1) is 18.2 Å². The molecule has 8 nitrogen and oxygen atoms in total. The fraction of sp³-hybridized carbons (Fsp3) is 0.273. The predicted octanol–water partition coefficient (Wildman–Crippen LogP) is 1.46. The van der Waals surface area contributed by atoms with Crippen LogP contribution in [0.2, 0.25) is 0 Å². The molecule has 0 spiro atoms. The third-order valence-corrected chi connectivity index (χ3v) is 5.05. The highest BCUT2D eigenvalue weighted by atomic mass is 16.5. The van der Waals surface area contributed by atoms with Gasteiger partial charge in [-0.05, 0) is 42.8 Å². The van der Waals surface area contributed by atoms with E-state index in [0.717, 1.165) is 5.56 Å². The maximum absolute atomic E-state index is 12.2. The average Bonchev–Trinajstić information content (AvgIpc) is 3.25. The van der Waals surface area contributed by atoms with E-state index in [1.807, 2.05) is 19.1 Å². The summed E-state index contributed by atoms with van der Waals surface area (Å²) in [6.07, 6.45) is 1.89. The maximum atomic E-state index is 12.2. The molecule has 30 heavy (non-hydrogen) atoms. The van der Waals surface area contributed by atoms with Gasteiger partial charge in [-0.2, -0.15) is 5.10 Å². The van der Waals surface area contributed by atoms with Crippen LogP contribution in [-0.4, -0.2) is 63.0 Å². The standard InChI is InChI=1S/C22H20N4O4/c1-14-11-15(6-7-22(29)8-10-25(2)21(22)28)13-16(12-14)26-19-17(5-4-9-23-19)18(24-26)20(27)30-3/h4-5,9,11-13,29H,8,10H2,1-3H3/t22-/m0/s1. The second kappa shape index (κ2) is 7.28. The van der Waals surface area contributed by atoms with Crippen LogP contribution in [0, 0.1) is 18.8 Å². The van der Waals surface area contributed by atoms with Crippen molar-refractivity contribution in [2.24, 2.45) is 0 Å². The quantitative estimate of drug-likeness (QED) is 0.513. The van der Waals surface area contributed by atoms with Crippen molar-refractivity contribution >= 4 is 22.9 Å². The summed E-state index contributed by atoms with van der Waals surface area (Å²) in [5.41, 5.74) is 1.17. The van der Waals surface area contributed by atoms with Crippen LogP contribution in [-0.2, 0) is 9.53 Å². The Kier molecular flexibility index (Phi) is 4.76. The largest absolute Gasteiger partial charge is 0.464 e. The van der Waals surface area contributed by atoms with Crippen LogP contribution in [0.3, 0.4) is 0 Å². The Bertz CT molecular complexity index is 1240. The van der Waals surface area contributed by atoms with Crippen molar-refractivity contribution in [2.45, 2.75) is 18.9 Å². The van der Waals surface area contributed by atoms with Gasteiger partial charge in [0.15, 0.2) is 11.3 Å². The first kappa shape index (κ1) is 19.6. The zero-order valence-electron chi connectivity index (χ0n) is 16.8. The predicted molar refractivity (Wildman–Crippen MR) is 109 cm³/mol. The molecule has 3 heterocycles. The molecule has 0 aliphatic carbocycles. The number of esters is 1. The van der Waals surface area contributed by atoms with E-state index in [4.69, 9.17) is 4.74 Å². The van der Waals surface area contributed by atoms with Gasteiger partial charge in [0.2, 0.25) is 5.60 Å². The number of rotatable bonds is 2. The van der Waals surface area contributed by atoms with Crippen LogP contribution >= 0.6 is 0 Å². The second-order valence-corrected chi connectivity index (χ2v) is 7.27. The monoisotopic (exact) mass is 404 g/mol. The lowest BCUT2D eigenvalue weighted by Gasteiger charge is -2.13. The highest BCUT2D eigenvalue weighted by Gasteiger charge is 2.42. The SMILES string of the molecule is COC(=O)c1nn(-c2cc(C)cc(C#C[C@]3(O)CCN(C)C3=O)c2)c2ncccc12. The number of benzene rings is 1. The van der Waals surface area contributed by atoms with Crippen molar-refractivity contribution in [2.75, 3.05) is 20.7 Å². The second-order valence-electron chi connectivity index (χ2n) is 7.27. The summed E-state index contributed by atoms with van der Waals surface area (Å²) in [4.78, 5) is 30.1. The number of ether oxygens (including phenoxy) is 1. The van der Waals surface area contributed by atoms with E-state index in [-0.39, 0.29) is 12.1 Å². The summed E-state index contributed by atoms with van der Waals surface area (Å²) in [7, 11) is 2.94. The number of likely N-dealkylation sites (N-methyl/N-ethyl adjacent to an activating group) is 1. The lowest BCUT2D eigenvalue weighted by molar-refractivity contribution is -0.137. The lowest BCUT2D eigenvalue weighted by Crippen LogP contribution is -2.37. The third kappa shape index (κ3) is 3.29. The van der Waals surface area contributed by atoms with Gasteiger partial charge in [-0.3, -0.25) is 4.79 Å². The highest BCUT2D eigenvalue weighted by molar-refractivity contribution is 6.01. The molecular weight excluding hydrogens is 384 g/mol. The summed E-state index contributed by atoms with van der Waals surface area (Å²) < 4.78 is 6.40. The van der Waals surface area contributed by atoms with E-state index < -0.39 is 17.5 Å². The minimum Gasteiger partial charge on any atom is -0.464 e. The Morgan fingerprint density at radius 2 is 2.13 bits per heavy atom. The number of fused-ring (bicyclic) bond motifs is 1. The fourth-order valence-electron chi connectivity index (χ4n) is 3.48. The molecule has 4 rings (SSSR count). The number of nitrogens with zero attached hydrogens (tertiary/aromatic N) is 4. The van der Waals surface area contributed by atoms with E-state index in [1.54, 1.807) is 36.1 Å². The molecule has 8 heteroatoms. The van der Waals surface area contributed by atoms with Crippen LogP contribution in [0.4, 0.5) is 0 Å². The zero-order valence-corrected chi connectivity index (χ0v) is 16.8. The number of aryl methyl sites for hydroxylation is 1. The molecule has 0 saturated carbocycles. The molecule has 1 amide bonds. The van der Waals surface area contributed by atoms with Crippen LogP contribution in [0.25, 0.3) is 16.7 Å². The number of aromatic nitrogens is 3. The number of pyridine rings is 1. The third-order valence-electron chi connectivity index (χ3n) is 5.05. The van der Waals surface area contributed by atoms with E-state index in [0.29, 0.717) is 28.8 Å². The van der Waals surface area contributed by atoms with Crippen molar-refractivity contribution in [1.29, 1.82) is 0 Å². The number of aliphatic hydroxyl groups is 1. The molecule has 1 N–H and O–H groups in total. The molecule has 1 aliphatic heterocycles. The first-order chi connectivity index (χ1) is 14.3. The van der Waals surface area contributed by atoms with Crippen LogP contribution < -0.4 is 0 Å². The molecule has 1 saturated heterocycles. The summed E-state index contributed by atoms with van der Waals surface area (Å²) in [5, 5.41) is 15.5. The molecule has 0 unspecified atom stereocenters. The molecule has 1 fully saturated rings. The van der Waals surface area contributed by atoms with Gasteiger partial charge in [-0.15, -0.1) is 0 Å². The van der Waals surface area contributed by atoms with E-state index in [1.165, 1.54) is 12.0 Å². The van der Waals surface area contributed by atoms with Crippen molar-refractivity contribution in [1.82, 2.24) is 19.7 Å². The molecule has 0 bridgehead atoms. The van der Waals surface area contributed by atoms with E-state index in [9.17, 15) is 14.7 Å². The average molecular weight is 404 g/mol. The number of hydrogen-bond donors (Lipinski definition) is 1. The van der Waals surface area contributed by atoms with E-state index in [2.05, 4.69) is 21.9 Å². The van der Waals surface area contributed by atoms with Gasteiger partial charge in [0.1, 0.15) is 0 Å². The molecule has 2 aromatic heterocycles. The lowest BCUT2D eigenvalue weighted by atomic mass is 10.0. The minimum atomic E-state index is -1.67. The number of carbonyl (C=O) groups is 2.